The van der Waals surface area contributed by atoms with Gasteiger partial charge in [-0.1, -0.05) is 36.4 Å². The average Bonchev–Trinajstić information content (AvgIpc) is 2.68. The number of anilines is 3. The summed E-state index contributed by atoms with van der Waals surface area (Å²) in [6, 6.07) is 19.3. The summed E-state index contributed by atoms with van der Waals surface area (Å²) in [7, 11) is 0. The lowest BCUT2D eigenvalue weighted by atomic mass is 10.2. The molecule has 1 heterocycles. The third-order valence-electron chi connectivity index (χ3n) is 3.84. The quantitative estimate of drug-likeness (QED) is 0.672. The van der Waals surface area contributed by atoms with Gasteiger partial charge < -0.3 is 16.0 Å². The minimum absolute atomic E-state index is 0.0902. The lowest BCUT2D eigenvalue weighted by Crippen LogP contribution is -2.33. The smallest absolute Gasteiger partial charge is 0.236 e. The Bertz CT molecular complexity index is 967. The summed E-state index contributed by atoms with van der Waals surface area (Å²) < 4.78 is 0. The van der Waals surface area contributed by atoms with Crippen molar-refractivity contribution in [1.82, 2.24) is 9.97 Å². The molecule has 0 saturated carbocycles. The maximum absolute atomic E-state index is 11.5. The van der Waals surface area contributed by atoms with Gasteiger partial charge in [-0.2, -0.15) is 5.26 Å². The van der Waals surface area contributed by atoms with Crippen LogP contribution in [0.4, 0.5) is 17.2 Å². The van der Waals surface area contributed by atoms with Crippen LogP contribution in [0.5, 0.6) is 0 Å². The molecule has 2 aromatic carbocycles. The molecule has 0 aliphatic heterocycles. The van der Waals surface area contributed by atoms with Crippen LogP contribution in [0.1, 0.15) is 11.3 Å². The van der Waals surface area contributed by atoms with Gasteiger partial charge in [0.05, 0.1) is 6.54 Å². The van der Waals surface area contributed by atoms with Gasteiger partial charge in [-0.25, -0.2) is 9.97 Å². The molecular weight excluding hydrogens is 340 g/mol. The molecule has 0 spiro atoms. The Hall–Kier alpha value is -3.92. The normalized spacial score (nSPS) is 10.0. The van der Waals surface area contributed by atoms with Gasteiger partial charge in [0.2, 0.25) is 5.91 Å². The molecule has 0 radical (unpaired) electrons. The maximum atomic E-state index is 11.5. The molecule has 0 bridgehead atoms. The zero-order valence-corrected chi connectivity index (χ0v) is 14.5. The van der Waals surface area contributed by atoms with E-state index in [0.717, 1.165) is 16.9 Å². The van der Waals surface area contributed by atoms with Gasteiger partial charge in [0.25, 0.3) is 0 Å². The van der Waals surface area contributed by atoms with E-state index in [1.807, 2.05) is 65.6 Å². The maximum Gasteiger partial charge on any atom is 0.236 e. The van der Waals surface area contributed by atoms with Gasteiger partial charge in [0, 0.05) is 30.3 Å². The Morgan fingerprint density at radius 3 is 2.63 bits per heavy atom. The van der Waals surface area contributed by atoms with Crippen LogP contribution in [0.3, 0.4) is 0 Å². The number of nitrogens with one attached hydrogen (secondary N) is 1. The van der Waals surface area contributed by atoms with Gasteiger partial charge in [-0.05, 0) is 23.8 Å². The number of nitrogens with two attached hydrogens (primary N) is 1. The van der Waals surface area contributed by atoms with Crippen molar-refractivity contribution in [2.75, 3.05) is 16.8 Å². The van der Waals surface area contributed by atoms with E-state index in [1.54, 1.807) is 0 Å². The fraction of sp³-hybridized carbons (Fsp3) is 0.100. The highest BCUT2D eigenvalue weighted by Gasteiger charge is 2.12. The Morgan fingerprint density at radius 2 is 1.89 bits per heavy atom. The first kappa shape index (κ1) is 17.9. The average molecular weight is 358 g/mol. The molecule has 0 atom stereocenters. The second-order valence-electron chi connectivity index (χ2n) is 5.85. The number of benzene rings is 2. The molecule has 1 amide bonds. The monoisotopic (exact) mass is 358 g/mol. The Balaban J connectivity index is 1.86. The molecule has 0 fully saturated rings. The van der Waals surface area contributed by atoms with Crippen LogP contribution in [-0.4, -0.2) is 22.4 Å². The van der Waals surface area contributed by atoms with Crippen molar-refractivity contribution < 1.29 is 4.79 Å². The van der Waals surface area contributed by atoms with Crippen LogP contribution in [0, 0.1) is 11.3 Å². The van der Waals surface area contributed by atoms with Gasteiger partial charge in [0.1, 0.15) is 6.07 Å². The van der Waals surface area contributed by atoms with Crippen LogP contribution in [0.25, 0.3) is 0 Å². The minimum atomic E-state index is -0.412. The third-order valence-corrected chi connectivity index (χ3v) is 3.84. The second-order valence-corrected chi connectivity index (χ2v) is 5.85. The number of carbonyl (C=O) groups excluding carboxylic acids is 1. The highest BCUT2D eigenvalue weighted by Crippen LogP contribution is 2.24. The van der Waals surface area contributed by atoms with E-state index in [0.29, 0.717) is 12.4 Å². The van der Waals surface area contributed by atoms with Crippen LogP contribution >= 0.6 is 0 Å². The number of aromatic nitrogens is 2. The van der Waals surface area contributed by atoms with Gasteiger partial charge in [0.15, 0.2) is 11.5 Å². The van der Waals surface area contributed by atoms with Crippen LogP contribution in [0.2, 0.25) is 0 Å². The summed E-state index contributed by atoms with van der Waals surface area (Å²) >= 11 is 0. The summed E-state index contributed by atoms with van der Waals surface area (Å²) in [6.45, 7) is 0.634. The molecule has 3 N–H and O–H groups in total. The molecule has 0 aliphatic rings. The summed E-state index contributed by atoms with van der Waals surface area (Å²) in [4.78, 5) is 21.6. The molecule has 0 saturated heterocycles. The molecule has 134 valence electrons. The van der Waals surface area contributed by atoms with Crippen molar-refractivity contribution in [2.45, 2.75) is 6.54 Å². The zero-order valence-electron chi connectivity index (χ0n) is 14.5. The van der Waals surface area contributed by atoms with Crippen LogP contribution in [-0.2, 0) is 11.3 Å². The summed E-state index contributed by atoms with van der Waals surface area (Å²) in [5.74, 6) is -0.0355. The fourth-order valence-electron chi connectivity index (χ4n) is 2.66. The molecule has 0 unspecified atom stereocenters. The van der Waals surface area contributed by atoms with Crippen molar-refractivity contribution in [2.24, 2.45) is 5.73 Å². The van der Waals surface area contributed by atoms with Crippen molar-refractivity contribution in [3.63, 3.8) is 0 Å². The Morgan fingerprint density at radius 1 is 1.11 bits per heavy atom. The minimum Gasteiger partial charge on any atom is -0.368 e. The number of amides is 1. The van der Waals surface area contributed by atoms with Crippen molar-refractivity contribution >= 4 is 23.1 Å². The first-order chi connectivity index (χ1) is 13.2. The predicted molar refractivity (Wildman–Crippen MR) is 103 cm³/mol. The van der Waals surface area contributed by atoms with Crippen LogP contribution < -0.4 is 16.0 Å². The molecular formula is C20H18N6O. The highest BCUT2D eigenvalue weighted by atomic mass is 16.1. The predicted octanol–water partition coefficient (Wildman–Crippen LogP) is 2.58. The number of hydrogen-bond acceptors (Lipinski definition) is 6. The fourth-order valence-corrected chi connectivity index (χ4v) is 2.66. The largest absolute Gasteiger partial charge is 0.368 e. The molecule has 0 aliphatic carbocycles. The molecule has 3 aromatic rings. The second kappa shape index (κ2) is 8.45. The lowest BCUT2D eigenvalue weighted by molar-refractivity contribution is -0.116. The van der Waals surface area contributed by atoms with E-state index < -0.39 is 5.91 Å². The van der Waals surface area contributed by atoms with Gasteiger partial charge in [-0.15, -0.1) is 0 Å². The SMILES string of the molecule is N#Cc1nccnc1Nc1cccc(N(CC(N)=O)Cc2ccccc2)c1. The number of carbonyl (C=O) groups is 1. The lowest BCUT2D eigenvalue weighted by Gasteiger charge is -2.24. The topological polar surface area (TPSA) is 108 Å². The van der Waals surface area contributed by atoms with Crippen molar-refractivity contribution in [1.29, 1.82) is 5.26 Å². The first-order valence-electron chi connectivity index (χ1n) is 8.31. The van der Waals surface area contributed by atoms with E-state index in [4.69, 9.17) is 11.0 Å². The van der Waals surface area contributed by atoms with E-state index in [9.17, 15) is 4.79 Å². The number of nitrogens with zero attached hydrogens (tertiary/aromatic N) is 4. The number of primary amides is 1. The molecule has 27 heavy (non-hydrogen) atoms. The number of rotatable bonds is 7. The van der Waals surface area contributed by atoms with E-state index >= 15 is 0 Å². The number of nitriles is 1. The summed E-state index contributed by atoms with van der Waals surface area (Å²) in [6.07, 6.45) is 2.98. The first-order valence-corrected chi connectivity index (χ1v) is 8.31. The number of hydrogen-bond donors (Lipinski definition) is 2. The molecule has 1 aromatic heterocycles. The molecule has 7 nitrogen and oxygen atoms in total. The zero-order chi connectivity index (χ0) is 19.1. The highest BCUT2D eigenvalue weighted by molar-refractivity contribution is 5.80. The van der Waals surface area contributed by atoms with E-state index in [2.05, 4.69) is 15.3 Å². The molecule has 3 rings (SSSR count). The van der Waals surface area contributed by atoms with E-state index in [-0.39, 0.29) is 12.2 Å². The summed E-state index contributed by atoms with van der Waals surface area (Å²) in [5, 5.41) is 12.2. The Kier molecular flexibility index (Phi) is 5.60. The van der Waals surface area contributed by atoms with Gasteiger partial charge in [-0.3, -0.25) is 4.79 Å². The Labute approximate surface area is 157 Å². The van der Waals surface area contributed by atoms with Gasteiger partial charge >= 0.3 is 0 Å². The summed E-state index contributed by atoms with van der Waals surface area (Å²) in [5.41, 5.74) is 8.26. The third kappa shape index (κ3) is 4.80. The standard InChI is InChI=1S/C20H18N6O/c21-12-18-20(24-10-9-23-18)25-16-7-4-8-17(11-16)26(14-19(22)27)13-15-5-2-1-3-6-15/h1-11H,13-14H2,(H2,22,27)(H,24,25). The van der Waals surface area contributed by atoms with Crippen LogP contribution in [0.15, 0.2) is 67.0 Å². The van der Waals surface area contributed by atoms with Crippen molar-refractivity contribution in [3.8, 4) is 6.07 Å². The van der Waals surface area contributed by atoms with E-state index in [1.165, 1.54) is 12.4 Å². The van der Waals surface area contributed by atoms with Crippen molar-refractivity contribution in [3.05, 3.63) is 78.2 Å². The molecule has 7 heteroatoms.